The highest BCUT2D eigenvalue weighted by molar-refractivity contribution is 6.30. The van der Waals surface area contributed by atoms with Gasteiger partial charge in [0.25, 0.3) is 0 Å². The summed E-state index contributed by atoms with van der Waals surface area (Å²) in [5.74, 6) is -0.324. The molecule has 2 aromatic rings. The quantitative estimate of drug-likeness (QED) is 0.857. The van der Waals surface area contributed by atoms with E-state index in [1.165, 1.54) is 0 Å². The van der Waals surface area contributed by atoms with Crippen LogP contribution in [0.4, 0.5) is 0 Å². The average Bonchev–Trinajstić information content (AvgIpc) is 2.39. The maximum Gasteiger partial charge on any atom is 0.195 e. The first kappa shape index (κ1) is 12.8. The predicted molar refractivity (Wildman–Crippen MR) is 71.9 cm³/mol. The van der Waals surface area contributed by atoms with E-state index in [0.717, 1.165) is 5.56 Å². The lowest BCUT2D eigenvalue weighted by molar-refractivity contribution is 0.0747. The summed E-state index contributed by atoms with van der Waals surface area (Å²) in [7, 11) is 0. The number of aliphatic hydroxyl groups is 1. The van der Waals surface area contributed by atoms with E-state index >= 15 is 0 Å². The minimum atomic E-state index is -1.13. The van der Waals surface area contributed by atoms with Crippen LogP contribution < -0.4 is 0 Å². The number of benzene rings is 2. The Morgan fingerprint density at radius 2 is 1.61 bits per heavy atom. The van der Waals surface area contributed by atoms with E-state index in [-0.39, 0.29) is 5.78 Å². The zero-order valence-electron chi connectivity index (χ0n) is 9.93. The number of halogens is 1. The summed E-state index contributed by atoms with van der Waals surface area (Å²) in [4.78, 5) is 12.0. The van der Waals surface area contributed by atoms with Gasteiger partial charge in [0.05, 0.1) is 0 Å². The molecule has 1 unspecified atom stereocenters. The Balaban J connectivity index is 2.23. The van der Waals surface area contributed by atoms with Crippen LogP contribution >= 0.6 is 11.6 Å². The average molecular weight is 261 g/mol. The standard InChI is InChI=1S/C15H13ClO2/c1-10-2-4-11(5-3-10)14(17)15(18)12-6-8-13(16)9-7-12/h2-9,14,17H,1H3. The summed E-state index contributed by atoms with van der Waals surface area (Å²) in [6, 6.07) is 13.8. The van der Waals surface area contributed by atoms with Crippen LogP contribution in [0.2, 0.25) is 5.02 Å². The van der Waals surface area contributed by atoms with E-state index in [1.807, 2.05) is 19.1 Å². The number of hydrogen-bond donors (Lipinski definition) is 1. The van der Waals surface area contributed by atoms with Crippen LogP contribution in [0.1, 0.15) is 27.6 Å². The fraction of sp³-hybridized carbons (Fsp3) is 0.133. The first-order valence-electron chi connectivity index (χ1n) is 5.62. The van der Waals surface area contributed by atoms with E-state index < -0.39 is 6.10 Å². The van der Waals surface area contributed by atoms with Gasteiger partial charge in [-0.05, 0) is 36.8 Å². The fourth-order valence-electron chi connectivity index (χ4n) is 1.67. The van der Waals surface area contributed by atoms with Crippen molar-refractivity contribution in [3.8, 4) is 0 Å². The summed E-state index contributed by atoms with van der Waals surface area (Å²) in [6.07, 6.45) is -1.13. The van der Waals surface area contributed by atoms with Crippen LogP contribution in [0.3, 0.4) is 0 Å². The molecule has 0 saturated heterocycles. The predicted octanol–water partition coefficient (Wildman–Crippen LogP) is 3.56. The molecule has 0 spiro atoms. The third kappa shape index (κ3) is 2.78. The lowest BCUT2D eigenvalue weighted by Gasteiger charge is -2.10. The van der Waals surface area contributed by atoms with Gasteiger partial charge < -0.3 is 5.11 Å². The zero-order chi connectivity index (χ0) is 13.1. The van der Waals surface area contributed by atoms with E-state index in [1.54, 1.807) is 36.4 Å². The molecule has 0 bridgehead atoms. The number of aryl methyl sites for hydroxylation is 1. The van der Waals surface area contributed by atoms with Crippen molar-refractivity contribution in [1.29, 1.82) is 0 Å². The molecule has 0 saturated carbocycles. The summed E-state index contributed by atoms with van der Waals surface area (Å²) >= 11 is 5.76. The van der Waals surface area contributed by atoms with Crippen LogP contribution in [0, 0.1) is 6.92 Å². The van der Waals surface area contributed by atoms with Crippen LogP contribution in [0.5, 0.6) is 0 Å². The van der Waals surface area contributed by atoms with Gasteiger partial charge in [0, 0.05) is 10.6 Å². The van der Waals surface area contributed by atoms with Gasteiger partial charge in [0.1, 0.15) is 6.10 Å². The maximum absolute atomic E-state index is 12.0. The minimum absolute atomic E-state index is 0.324. The van der Waals surface area contributed by atoms with Crippen LogP contribution in [0.15, 0.2) is 48.5 Å². The molecule has 0 aliphatic rings. The SMILES string of the molecule is Cc1ccc(C(O)C(=O)c2ccc(Cl)cc2)cc1. The van der Waals surface area contributed by atoms with Crippen molar-refractivity contribution in [3.05, 3.63) is 70.2 Å². The third-order valence-corrected chi connectivity index (χ3v) is 3.02. The highest BCUT2D eigenvalue weighted by Crippen LogP contribution is 2.20. The van der Waals surface area contributed by atoms with Gasteiger partial charge in [-0.3, -0.25) is 4.79 Å². The van der Waals surface area contributed by atoms with E-state index in [9.17, 15) is 9.90 Å². The number of Topliss-reactive ketones (excluding diaryl/α,β-unsaturated/α-hetero) is 1. The van der Waals surface area contributed by atoms with Gasteiger partial charge in [-0.25, -0.2) is 0 Å². The molecule has 0 aliphatic carbocycles. The molecule has 0 aromatic heterocycles. The molecule has 0 amide bonds. The van der Waals surface area contributed by atoms with Crippen molar-refractivity contribution in [2.24, 2.45) is 0 Å². The molecule has 1 N–H and O–H groups in total. The monoisotopic (exact) mass is 260 g/mol. The zero-order valence-corrected chi connectivity index (χ0v) is 10.7. The lowest BCUT2D eigenvalue weighted by atomic mass is 9.99. The second-order valence-corrected chi connectivity index (χ2v) is 4.62. The number of carbonyl (C=O) groups is 1. The number of aliphatic hydroxyl groups excluding tert-OH is 1. The van der Waals surface area contributed by atoms with Crippen LogP contribution in [-0.2, 0) is 0 Å². The molecule has 0 fully saturated rings. The third-order valence-electron chi connectivity index (χ3n) is 2.77. The van der Waals surface area contributed by atoms with Gasteiger partial charge in [-0.15, -0.1) is 0 Å². The number of ketones is 1. The highest BCUT2D eigenvalue weighted by Gasteiger charge is 2.18. The first-order valence-corrected chi connectivity index (χ1v) is 6.00. The molecule has 2 rings (SSSR count). The molecule has 0 radical (unpaired) electrons. The number of carbonyl (C=O) groups excluding carboxylic acids is 1. The topological polar surface area (TPSA) is 37.3 Å². The van der Waals surface area contributed by atoms with Crippen LogP contribution in [0.25, 0.3) is 0 Å². The molecule has 0 heterocycles. The first-order chi connectivity index (χ1) is 8.58. The van der Waals surface area contributed by atoms with Gasteiger partial charge in [0.2, 0.25) is 0 Å². The molecule has 92 valence electrons. The molecule has 18 heavy (non-hydrogen) atoms. The van der Waals surface area contributed by atoms with Crippen molar-refractivity contribution in [1.82, 2.24) is 0 Å². The summed E-state index contributed by atoms with van der Waals surface area (Å²) in [5.41, 5.74) is 2.14. The highest BCUT2D eigenvalue weighted by atomic mass is 35.5. The Morgan fingerprint density at radius 1 is 1.06 bits per heavy atom. The second kappa shape index (κ2) is 5.34. The van der Waals surface area contributed by atoms with E-state index in [4.69, 9.17) is 11.6 Å². The molecule has 3 heteroatoms. The smallest absolute Gasteiger partial charge is 0.195 e. The Labute approximate surface area is 111 Å². The van der Waals surface area contributed by atoms with Gasteiger partial charge in [0.15, 0.2) is 5.78 Å². The summed E-state index contributed by atoms with van der Waals surface area (Å²) in [6.45, 7) is 1.96. The molecular formula is C15H13ClO2. The van der Waals surface area contributed by atoms with E-state index in [2.05, 4.69) is 0 Å². The fourth-order valence-corrected chi connectivity index (χ4v) is 1.80. The van der Waals surface area contributed by atoms with Crippen molar-refractivity contribution in [2.45, 2.75) is 13.0 Å². The lowest BCUT2D eigenvalue weighted by Crippen LogP contribution is -2.12. The molecule has 2 nitrogen and oxygen atoms in total. The second-order valence-electron chi connectivity index (χ2n) is 4.18. The van der Waals surface area contributed by atoms with Crippen molar-refractivity contribution < 1.29 is 9.90 Å². The van der Waals surface area contributed by atoms with Gasteiger partial charge in [-0.1, -0.05) is 41.4 Å². The van der Waals surface area contributed by atoms with Gasteiger partial charge in [-0.2, -0.15) is 0 Å². The van der Waals surface area contributed by atoms with Crippen LogP contribution in [-0.4, -0.2) is 10.9 Å². The number of rotatable bonds is 3. The normalized spacial score (nSPS) is 12.2. The Hall–Kier alpha value is -1.64. The van der Waals surface area contributed by atoms with Crippen molar-refractivity contribution in [3.63, 3.8) is 0 Å². The summed E-state index contributed by atoms with van der Waals surface area (Å²) in [5, 5.41) is 10.6. The maximum atomic E-state index is 12.0. The molecule has 2 aromatic carbocycles. The largest absolute Gasteiger partial charge is 0.380 e. The molecular weight excluding hydrogens is 248 g/mol. The Kier molecular flexibility index (Phi) is 3.80. The molecule has 1 atom stereocenters. The van der Waals surface area contributed by atoms with Crippen molar-refractivity contribution in [2.75, 3.05) is 0 Å². The molecule has 0 aliphatic heterocycles. The Bertz CT molecular complexity index is 544. The minimum Gasteiger partial charge on any atom is -0.380 e. The van der Waals surface area contributed by atoms with Crippen molar-refractivity contribution >= 4 is 17.4 Å². The van der Waals surface area contributed by atoms with Gasteiger partial charge >= 0.3 is 0 Å². The van der Waals surface area contributed by atoms with E-state index in [0.29, 0.717) is 16.1 Å². The Morgan fingerprint density at radius 3 is 2.17 bits per heavy atom. The number of hydrogen-bond acceptors (Lipinski definition) is 2. The summed E-state index contributed by atoms with van der Waals surface area (Å²) < 4.78 is 0.